The van der Waals surface area contributed by atoms with Gasteiger partial charge in [0.15, 0.2) is 11.0 Å². The number of rotatable bonds is 7. The molecule has 2 aromatic carbocycles. The molecule has 1 heterocycles. The molecule has 0 amide bonds. The monoisotopic (exact) mass is 353 g/mol. The highest BCUT2D eigenvalue weighted by Gasteiger charge is 2.16. The Balaban J connectivity index is 1.85. The van der Waals surface area contributed by atoms with Gasteiger partial charge in [0.25, 0.3) is 0 Å². The average molecular weight is 353 g/mol. The van der Waals surface area contributed by atoms with E-state index in [0.717, 1.165) is 34.6 Å². The van der Waals surface area contributed by atoms with Crippen LogP contribution in [-0.4, -0.2) is 21.4 Å². The van der Waals surface area contributed by atoms with Gasteiger partial charge in [-0.3, -0.25) is 0 Å². The molecule has 0 radical (unpaired) electrons. The van der Waals surface area contributed by atoms with Crippen LogP contribution in [0, 0.1) is 6.92 Å². The summed E-state index contributed by atoms with van der Waals surface area (Å²) in [6, 6.07) is 16.6. The fourth-order valence-corrected chi connectivity index (χ4v) is 3.60. The van der Waals surface area contributed by atoms with E-state index in [2.05, 4.69) is 52.9 Å². The first kappa shape index (κ1) is 17.5. The molecule has 25 heavy (non-hydrogen) atoms. The molecule has 0 saturated heterocycles. The van der Waals surface area contributed by atoms with Crippen LogP contribution in [-0.2, 0) is 12.3 Å². The summed E-state index contributed by atoms with van der Waals surface area (Å²) in [5, 5.41) is 9.79. The van der Waals surface area contributed by atoms with Crippen molar-refractivity contribution in [2.75, 3.05) is 6.61 Å². The Bertz CT molecular complexity index is 827. The highest BCUT2D eigenvalue weighted by atomic mass is 32.2. The molecule has 0 bridgehead atoms. The van der Waals surface area contributed by atoms with Crippen molar-refractivity contribution < 1.29 is 4.74 Å². The zero-order chi connectivity index (χ0) is 17.6. The maximum absolute atomic E-state index is 5.75. The third-order valence-corrected chi connectivity index (χ3v) is 4.99. The summed E-state index contributed by atoms with van der Waals surface area (Å²) in [5.41, 5.74) is 3.55. The number of ether oxygens (including phenoxy) is 1. The van der Waals surface area contributed by atoms with Gasteiger partial charge in [0.2, 0.25) is 0 Å². The van der Waals surface area contributed by atoms with E-state index < -0.39 is 0 Å². The van der Waals surface area contributed by atoms with Gasteiger partial charge in [-0.2, -0.15) is 0 Å². The van der Waals surface area contributed by atoms with Gasteiger partial charge in [-0.15, -0.1) is 10.2 Å². The minimum Gasteiger partial charge on any atom is -0.493 e. The molecule has 1 aromatic heterocycles. The van der Waals surface area contributed by atoms with E-state index in [1.165, 1.54) is 11.1 Å². The van der Waals surface area contributed by atoms with Gasteiger partial charge in [0.05, 0.1) is 12.2 Å². The van der Waals surface area contributed by atoms with Crippen LogP contribution in [0.4, 0.5) is 0 Å². The Kier molecular flexibility index (Phi) is 5.76. The van der Waals surface area contributed by atoms with E-state index in [1.807, 2.05) is 31.2 Å². The zero-order valence-corrected chi connectivity index (χ0v) is 15.7. The molecular weight excluding hydrogens is 330 g/mol. The van der Waals surface area contributed by atoms with E-state index in [9.17, 15) is 0 Å². The Morgan fingerprint density at radius 3 is 2.48 bits per heavy atom. The van der Waals surface area contributed by atoms with Crippen molar-refractivity contribution in [3.8, 4) is 17.1 Å². The van der Waals surface area contributed by atoms with Crippen LogP contribution >= 0.6 is 11.8 Å². The van der Waals surface area contributed by atoms with Gasteiger partial charge < -0.3 is 9.30 Å². The highest BCUT2D eigenvalue weighted by molar-refractivity contribution is 7.98. The number of hydrogen-bond donors (Lipinski definition) is 0. The lowest BCUT2D eigenvalue weighted by molar-refractivity contribution is 0.341. The van der Waals surface area contributed by atoms with E-state index in [0.29, 0.717) is 6.61 Å². The van der Waals surface area contributed by atoms with Gasteiger partial charge in [0, 0.05) is 12.3 Å². The average Bonchev–Trinajstić information content (AvgIpc) is 3.05. The maximum Gasteiger partial charge on any atom is 0.191 e. The molecular formula is C20H23N3OS. The van der Waals surface area contributed by atoms with Crippen molar-refractivity contribution in [1.29, 1.82) is 0 Å². The second-order valence-corrected chi connectivity index (χ2v) is 6.70. The third-order valence-electron chi connectivity index (χ3n) is 3.95. The lowest BCUT2D eigenvalue weighted by Gasteiger charge is -2.11. The molecule has 4 nitrogen and oxygen atoms in total. The molecule has 0 aliphatic rings. The fraction of sp³-hybridized carbons (Fsp3) is 0.300. The molecule has 0 saturated carbocycles. The van der Waals surface area contributed by atoms with Crippen molar-refractivity contribution in [3.63, 3.8) is 0 Å². The predicted octanol–water partition coefficient (Wildman–Crippen LogP) is 4.96. The minimum absolute atomic E-state index is 0.631. The van der Waals surface area contributed by atoms with Crippen LogP contribution in [0.5, 0.6) is 5.75 Å². The van der Waals surface area contributed by atoms with Crippen molar-refractivity contribution in [1.82, 2.24) is 14.8 Å². The highest BCUT2D eigenvalue weighted by Crippen LogP contribution is 2.31. The Hall–Kier alpha value is -2.27. The largest absolute Gasteiger partial charge is 0.493 e. The summed E-state index contributed by atoms with van der Waals surface area (Å²) in [7, 11) is 0. The van der Waals surface area contributed by atoms with Gasteiger partial charge in [-0.05, 0) is 38.5 Å². The molecule has 0 unspecified atom stereocenters. The number of aromatic nitrogens is 3. The van der Waals surface area contributed by atoms with Crippen LogP contribution in [0.3, 0.4) is 0 Å². The van der Waals surface area contributed by atoms with Crippen molar-refractivity contribution >= 4 is 11.8 Å². The number of benzene rings is 2. The zero-order valence-electron chi connectivity index (χ0n) is 14.9. The first-order valence-electron chi connectivity index (χ1n) is 8.56. The lowest BCUT2D eigenvalue weighted by atomic mass is 10.2. The van der Waals surface area contributed by atoms with Crippen LogP contribution in [0.15, 0.2) is 53.7 Å². The summed E-state index contributed by atoms with van der Waals surface area (Å²) < 4.78 is 7.90. The first-order chi connectivity index (χ1) is 12.2. The lowest BCUT2D eigenvalue weighted by Crippen LogP contribution is -2.02. The van der Waals surface area contributed by atoms with Gasteiger partial charge in [-0.25, -0.2) is 0 Å². The second kappa shape index (κ2) is 8.21. The molecule has 0 fully saturated rings. The van der Waals surface area contributed by atoms with Crippen LogP contribution in [0.1, 0.15) is 25.0 Å². The fourth-order valence-electron chi connectivity index (χ4n) is 2.64. The topological polar surface area (TPSA) is 39.9 Å². The van der Waals surface area contributed by atoms with Crippen molar-refractivity contribution in [2.45, 2.75) is 38.2 Å². The molecule has 5 heteroatoms. The number of hydrogen-bond acceptors (Lipinski definition) is 4. The third kappa shape index (κ3) is 4.04. The normalized spacial score (nSPS) is 10.8. The van der Waals surface area contributed by atoms with Crippen LogP contribution in [0.25, 0.3) is 11.4 Å². The minimum atomic E-state index is 0.631. The number of nitrogens with zero attached hydrogens (tertiary/aromatic N) is 3. The van der Waals surface area contributed by atoms with Crippen LogP contribution < -0.4 is 4.74 Å². The number of thioether (sulfide) groups is 1. The SMILES string of the molecule is CCOc1ccccc1-c1nnc(SCc2ccc(C)cc2)n1CC. The molecule has 3 rings (SSSR count). The molecule has 130 valence electrons. The molecule has 3 aromatic rings. The van der Waals surface area contributed by atoms with Crippen molar-refractivity contribution in [2.24, 2.45) is 0 Å². The molecule has 0 N–H and O–H groups in total. The van der Waals surface area contributed by atoms with Gasteiger partial charge >= 0.3 is 0 Å². The summed E-state index contributed by atoms with van der Waals surface area (Å²) in [4.78, 5) is 0. The Morgan fingerprint density at radius 1 is 1.00 bits per heavy atom. The standard InChI is InChI=1S/C20H23N3OS/c1-4-23-19(17-8-6-7-9-18(17)24-5-2)21-22-20(23)25-14-16-12-10-15(3)11-13-16/h6-13H,4-5,14H2,1-3H3. The maximum atomic E-state index is 5.75. The Morgan fingerprint density at radius 2 is 1.76 bits per heavy atom. The van der Waals surface area contributed by atoms with Gasteiger partial charge in [0.1, 0.15) is 5.75 Å². The summed E-state index contributed by atoms with van der Waals surface area (Å²) in [5.74, 6) is 2.59. The molecule has 0 atom stereocenters. The second-order valence-electron chi connectivity index (χ2n) is 5.75. The predicted molar refractivity (Wildman–Crippen MR) is 103 cm³/mol. The Labute approximate surface area is 153 Å². The smallest absolute Gasteiger partial charge is 0.191 e. The van der Waals surface area contributed by atoms with Gasteiger partial charge in [-0.1, -0.05) is 53.7 Å². The quantitative estimate of drug-likeness (QED) is 0.563. The van der Waals surface area contributed by atoms with E-state index >= 15 is 0 Å². The van der Waals surface area contributed by atoms with E-state index in [-0.39, 0.29) is 0 Å². The molecule has 0 aliphatic heterocycles. The molecule has 0 spiro atoms. The number of para-hydroxylation sites is 1. The van der Waals surface area contributed by atoms with Crippen molar-refractivity contribution in [3.05, 3.63) is 59.7 Å². The summed E-state index contributed by atoms with van der Waals surface area (Å²) in [6.45, 7) is 7.66. The summed E-state index contributed by atoms with van der Waals surface area (Å²) in [6.07, 6.45) is 0. The number of aryl methyl sites for hydroxylation is 1. The van der Waals surface area contributed by atoms with E-state index in [4.69, 9.17) is 4.74 Å². The van der Waals surface area contributed by atoms with Crippen LogP contribution in [0.2, 0.25) is 0 Å². The van der Waals surface area contributed by atoms with E-state index in [1.54, 1.807) is 11.8 Å². The molecule has 0 aliphatic carbocycles. The summed E-state index contributed by atoms with van der Waals surface area (Å²) >= 11 is 1.71. The first-order valence-corrected chi connectivity index (χ1v) is 9.55.